The third-order valence-electron chi connectivity index (χ3n) is 3.90. The smallest absolute Gasteiger partial charge is 0.251 e. The van der Waals surface area contributed by atoms with E-state index >= 15 is 0 Å². The molecule has 2 amide bonds. The minimum absolute atomic E-state index is 0.156. The lowest BCUT2D eigenvalue weighted by Gasteiger charge is -2.05. The Morgan fingerprint density at radius 1 is 1.11 bits per heavy atom. The predicted molar refractivity (Wildman–Crippen MR) is 111 cm³/mol. The number of aromatic nitrogens is 2. The van der Waals surface area contributed by atoms with Gasteiger partial charge in [0.2, 0.25) is 11.0 Å². The lowest BCUT2D eigenvalue weighted by Crippen LogP contribution is -2.27. The van der Waals surface area contributed by atoms with Gasteiger partial charge in [0.1, 0.15) is 5.01 Å². The van der Waals surface area contributed by atoms with Crippen molar-refractivity contribution < 1.29 is 9.59 Å². The van der Waals surface area contributed by atoms with Crippen LogP contribution in [0.4, 0.5) is 5.13 Å². The molecule has 3 aromatic rings. The van der Waals surface area contributed by atoms with Gasteiger partial charge in [0.15, 0.2) is 0 Å². The Balaban J connectivity index is 1.44. The van der Waals surface area contributed by atoms with Crippen LogP contribution in [0.2, 0.25) is 5.02 Å². The highest BCUT2D eigenvalue weighted by atomic mass is 35.5. The van der Waals surface area contributed by atoms with Crippen molar-refractivity contribution in [2.45, 2.75) is 19.8 Å². The van der Waals surface area contributed by atoms with Crippen LogP contribution in [0.1, 0.15) is 32.9 Å². The molecule has 0 saturated heterocycles. The molecule has 0 aliphatic rings. The number of halogens is 1. The van der Waals surface area contributed by atoms with Crippen LogP contribution in [0.5, 0.6) is 0 Å². The van der Waals surface area contributed by atoms with Crippen LogP contribution < -0.4 is 10.6 Å². The monoisotopic (exact) mass is 414 g/mol. The maximum absolute atomic E-state index is 12.1. The molecule has 0 radical (unpaired) electrons. The summed E-state index contributed by atoms with van der Waals surface area (Å²) in [5.74, 6) is -0.420. The van der Waals surface area contributed by atoms with E-state index in [4.69, 9.17) is 11.6 Å². The van der Waals surface area contributed by atoms with Crippen molar-refractivity contribution >= 4 is 39.9 Å². The Morgan fingerprint density at radius 3 is 2.64 bits per heavy atom. The molecule has 3 rings (SSSR count). The summed E-state index contributed by atoms with van der Waals surface area (Å²) in [7, 11) is 0. The molecule has 2 aromatic carbocycles. The molecule has 28 heavy (non-hydrogen) atoms. The second kappa shape index (κ2) is 9.43. The Labute approximate surface area is 172 Å². The lowest BCUT2D eigenvalue weighted by atomic mass is 10.1. The standard InChI is InChI=1S/C20H19ClN4O2S/c1-13-3-2-4-15(11-13)19(27)22-10-9-17(26)23-20-25-24-18(28-20)12-14-5-7-16(21)8-6-14/h2-8,11H,9-10,12H2,1H3,(H,22,27)(H,23,25,26). The van der Waals surface area contributed by atoms with Crippen LogP contribution in [-0.2, 0) is 11.2 Å². The number of hydrogen-bond acceptors (Lipinski definition) is 5. The molecule has 1 heterocycles. The first-order valence-corrected chi connectivity index (χ1v) is 9.90. The number of benzene rings is 2. The number of amides is 2. The molecule has 1 aromatic heterocycles. The van der Waals surface area contributed by atoms with Gasteiger partial charge >= 0.3 is 0 Å². The average molecular weight is 415 g/mol. The van der Waals surface area contributed by atoms with Gasteiger partial charge in [-0.3, -0.25) is 9.59 Å². The predicted octanol–water partition coefficient (Wildman–Crippen LogP) is 3.85. The molecular weight excluding hydrogens is 396 g/mol. The summed E-state index contributed by atoms with van der Waals surface area (Å²) in [5.41, 5.74) is 2.66. The molecule has 2 N–H and O–H groups in total. The zero-order chi connectivity index (χ0) is 19.9. The van der Waals surface area contributed by atoms with Crippen molar-refractivity contribution in [1.82, 2.24) is 15.5 Å². The van der Waals surface area contributed by atoms with Gasteiger partial charge in [-0.25, -0.2) is 0 Å². The van der Waals surface area contributed by atoms with Gasteiger partial charge in [0, 0.05) is 30.0 Å². The maximum Gasteiger partial charge on any atom is 0.251 e. The highest BCUT2D eigenvalue weighted by molar-refractivity contribution is 7.15. The summed E-state index contributed by atoms with van der Waals surface area (Å²) >= 11 is 7.20. The van der Waals surface area contributed by atoms with E-state index in [0.29, 0.717) is 22.1 Å². The summed E-state index contributed by atoms with van der Waals surface area (Å²) in [5, 5.41) is 15.5. The van der Waals surface area contributed by atoms with Crippen LogP contribution >= 0.6 is 22.9 Å². The number of carbonyl (C=O) groups is 2. The van der Waals surface area contributed by atoms with Gasteiger partial charge in [0.05, 0.1) is 0 Å². The van der Waals surface area contributed by atoms with E-state index in [-0.39, 0.29) is 24.8 Å². The Bertz CT molecular complexity index is 972. The van der Waals surface area contributed by atoms with Gasteiger partial charge in [0.25, 0.3) is 5.91 Å². The number of nitrogens with zero attached hydrogens (tertiary/aromatic N) is 2. The van der Waals surface area contributed by atoms with Crippen molar-refractivity contribution in [3.8, 4) is 0 Å². The van der Waals surface area contributed by atoms with Crippen molar-refractivity contribution in [3.63, 3.8) is 0 Å². The van der Waals surface area contributed by atoms with Gasteiger partial charge < -0.3 is 10.6 Å². The molecule has 6 nitrogen and oxygen atoms in total. The maximum atomic E-state index is 12.1. The number of hydrogen-bond donors (Lipinski definition) is 2. The van der Waals surface area contributed by atoms with Gasteiger partial charge in [-0.15, -0.1) is 10.2 Å². The molecule has 0 spiro atoms. The van der Waals surface area contributed by atoms with Crippen molar-refractivity contribution in [2.24, 2.45) is 0 Å². The number of aryl methyl sites for hydroxylation is 1. The minimum Gasteiger partial charge on any atom is -0.352 e. The van der Waals surface area contributed by atoms with Crippen LogP contribution in [0.3, 0.4) is 0 Å². The van der Waals surface area contributed by atoms with E-state index in [1.165, 1.54) is 11.3 Å². The van der Waals surface area contributed by atoms with Gasteiger partial charge in [-0.05, 0) is 36.8 Å². The first-order valence-electron chi connectivity index (χ1n) is 8.71. The number of rotatable bonds is 7. The molecule has 0 fully saturated rings. The molecule has 0 aliphatic heterocycles. The normalized spacial score (nSPS) is 10.5. The quantitative estimate of drug-likeness (QED) is 0.615. The first-order chi connectivity index (χ1) is 13.5. The third-order valence-corrected chi connectivity index (χ3v) is 4.99. The fraction of sp³-hybridized carbons (Fsp3) is 0.200. The number of nitrogens with one attached hydrogen (secondary N) is 2. The SMILES string of the molecule is Cc1cccc(C(=O)NCCC(=O)Nc2nnc(Cc3ccc(Cl)cc3)s2)c1. The van der Waals surface area contributed by atoms with E-state index in [1.807, 2.05) is 43.3 Å². The Hall–Kier alpha value is -2.77. The molecular formula is C20H19ClN4O2S. The van der Waals surface area contributed by atoms with Crippen LogP contribution in [0.25, 0.3) is 0 Å². The molecule has 8 heteroatoms. The topological polar surface area (TPSA) is 84.0 Å². The number of anilines is 1. The number of carbonyl (C=O) groups excluding carboxylic acids is 2. The highest BCUT2D eigenvalue weighted by Gasteiger charge is 2.10. The Morgan fingerprint density at radius 2 is 1.89 bits per heavy atom. The summed E-state index contributed by atoms with van der Waals surface area (Å²) < 4.78 is 0. The minimum atomic E-state index is -0.223. The van der Waals surface area contributed by atoms with Crippen LogP contribution in [0, 0.1) is 6.92 Å². The van der Waals surface area contributed by atoms with E-state index in [9.17, 15) is 9.59 Å². The Kier molecular flexibility index (Phi) is 6.73. The van der Waals surface area contributed by atoms with Crippen molar-refractivity contribution in [3.05, 3.63) is 75.3 Å². The zero-order valence-corrected chi connectivity index (χ0v) is 16.8. The summed E-state index contributed by atoms with van der Waals surface area (Å²) in [6.07, 6.45) is 0.779. The fourth-order valence-electron chi connectivity index (χ4n) is 2.51. The van der Waals surface area contributed by atoms with Gasteiger partial charge in [-0.2, -0.15) is 0 Å². The largest absolute Gasteiger partial charge is 0.352 e. The lowest BCUT2D eigenvalue weighted by molar-refractivity contribution is -0.116. The summed E-state index contributed by atoms with van der Waals surface area (Å²) in [6.45, 7) is 2.17. The molecule has 0 aliphatic carbocycles. The van der Waals surface area contributed by atoms with E-state index in [1.54, 1.807) is 12.1 Å². The molecule has 144 valence electrons. The second-order valence-electron chi connectivity index (χ2n) is 6.23. The summed E-state index contributed by atoms with van der Waals surface area (Å²) in [6, 6.07) is 14.8. The zero-order valence-electron chi connectivity index (χ0n) is 15.2. The third kappa shape index (κ3) is 5.87. The molecule has 0 bridgehead atoms. The fourth-order valence-corrected chi connectivity index (χ4v) is 3.43. The first kappa shape index (κ1) is 20.0. The molecule has 0 saturated carbocycles. The molecule has 0 atom stereocenters. The second-order valence-corrected chi connectivity index (χ2v) is 7.73. The molecule has 0 unspecified atom stereocenters. The van der Waals surface area contributed by atoms with E-state index in [0.717, 1.165) is 16.1 Å². The van der Waals surface area contributed by atoms with Gasteiger partial charge in [-0.1, -0.05) is 52.8 Å². The van der Waals surface area contributed by atoms with Crippen LogP contribution in [-0.4, -0.2) is 28.6 Å². The van der Waals surface area contributed by atoms with Crippen molar-refractivity contribution in [1.29, 1.82) is 0 Å². The summed E-state index contributed by atoms with van der Waals surface area (Å²) in [4.78, 5) is 24.1. The van der Waals surface area contributed by atoms with E-state index in [2.05, 4.69) is 20.8 Å². The highest BCUT2D eigenvalue weighted by Crippen LogP contribution is 2.19. The van der Waals surface area contributed by atoms with E-state index < -0.39 is 0 Å². The van der Waals surface area contributed by atoms with Crippen LogP contribution in [0.15, 0.2) is 48.5 Å². The average Bonchev–Trinajstić information content (AvgIpc) is 3.10. The van der Waals surface area contributed by atoms with Crippen molar-refractivity contribution in [2.75, 3.05) is 11.9 Å².